The molecule has 1 aromatic heterocycles. The molecule has 0 aromatic carbocycles. The number of hydrogen-bond acceptors (Lipinski definition) is 4. The number of carbonyl (C=O) groups is 1. The number of rotatable bonds is 3. The quantitative estimate of drug-likeness (QED) is 0.858. The molecule has 110 valence electrons. The summed E-state index contributed by atoms with van der Waals surface area (Å²) in [6.07, 6.45) is 1.74. The normalized spacial score (nSPS) is 16.5. The number of nitrogens with zero attached hydrogens (tertiary/aromatic N) is 2. The molecule has 0 bridgehead atoms. The van der Waals surface area contributed by atoms with Crippen LogP contribution < -0.4 is 15.8 Å². The van der Waals surface area contributed by atoms with E-state index in [1.54, 1.807) is 0 Å². The molecule has 20 heavy (non-hydrogen) atoms. The second-order valence-corrected chi connectivity index (χ2v) is 5.63. The van der Waals surface area contributed by atoms with Crippen molar-refractivity contribution in [1.82, 2.24) is 15.3 Å². The zero-order valence-electron chi connectivity index (χ0n) is 12.3. The third-order valence-corrected chi connectivity index (χ3v) is 3.52. The number of aryl methyl sites for hydroxylation is 1. The van der Waals surface area contributed by atoms with Crippen LogP contribution in [0.4, 0.5) is 5.95 Å². The lowest BCUT2D eigenvalue weighted by Gasteiger charge is -2.33. The average molecular weight is 278 g/mol. The Morgan fingerprint density at radius 3 is 2.65 bits per heavy atom. The van der Waals surface area contributed by atoms with E-state index in [-0.39, 0.29) is 23.4 Å². The number of H-pyrrole nitrogens is 1. The average Bonchev–Trinajstić information content (AvgIpc) is 2.38. The molecule has 1 fully saturated rings. The highest BCUT2D eigenvalue weighted by Crippen LogP contribution is 2.15. The van der Waals surface area contributed by atoms with Gasteiger partial charge < -0.3 is 10.2 Å². The van der Waals surface area contributed by atoms with Crippen LogP contribution in [0, 0.1) is 12.8 Å². The first-order chi connectivity index (χ1) is 9.45. The minimum Gasteiger partial charge on any atom is -0.353 e. The van der Waals surface area contributed by atoms with E-state index in [1.165, 1.54) is 6.07 Å². The Morgan fingerprint density at radius 1 is 1.45 bits per heavy atom. The first-order valence-electron chi connectivity index (χ1n) is 7.09. The third-order valence-electron chi connectivity index (χ3n) is 3.52. The number of anilines is 1. The molecule has 0 aliphatic carbocycles. The van der Waals surface area contributed by atoms with Gasteiger partial charge in [-0.3, -0.25) is 14.6 Å². The number of hydrogen-bond donors (Lipinski definition) is 2. The fourth-order valence-electron chi connectivity index (χ4n) is 2.32. The van der Waals surface area contributed by atoms with E-state index in [9.17, 15) is 9.59 Å². The van der Waals surface area contributed by atoms with E-state index in [1.807, 2.05) is 20.8 Å². The van der Waals surface area contributed by atoms with Gasteiger partial charge in [-0.05, 0) is 19.8 Å². The first kappa shape index (κ1) is 14.6. The van der Waals surface area contributed by atoms with E-state index in [2.05, 4.69) is 20.2 Å². The molecule has 0 atom stereocenters. The molecule has 2 rings (SSSR count). The van der Waals surface area contributed by atoms with Crippen LogP contribution in [0.1, 0.15) is 32.4 Å². The summed E-state index contributed by atoms with van der Waals surface area (Å²) in [5, 5.41) is 3.06. The van der Waals surface area contributed by atoms with Crippen molar-refractivity contribution >= 4 is 11.9 Å². The van der Waals surface area contributed by atoms with Crippen LogP contribution in [-0.2, 0) is 4.79 Å². The third kappa shape index (κ3) is 3.59. The largest absolute Gasteiger partial charge is 0.353 e. The van der Waals surface area contributed by atoms with E-state index in [4.69, 9.17) is 0 Å². The van der Waals surface area contributed by atoms with Crippen LogP contribution >= 0.6 is 0 Å². The number of aromatic nitrogens is 2. The summed E-state index contributed by atoms with van der Waals surface area (Å²) in [6, 6.07) is 1.71. The predicted molar refractivity (Wildman–Crippen MR) is 77.8 cm³/mol. The molecule has 2 heterocycles. The Balaban J connectivity index is 1.94. The van der Waals surface area contributed by atoms with Crippen molar-refractivity contribution in [1.29, 1.82) is 0 Å². The van der Waals surface area contributed by atoms with Gasteiger partial charge in [-0.1, -0.05) is 13.8 Å². The molecule has 6 heteroatoms. The summed E-state index contributed by atoms with van der Waals surface area (Å²) >= 11 is 0. The standard InChI is InChI=1S/C14H22N4O2/c1-9(2)13(20)16-11-4-6-18(7-5-11)14-15-10(3)8-12(19)17-14/h8-9,11H,4-7H2,1-3H3,(H,16,20)(H,15,17,19). The summed E-state index contributed by atoms with van der Waals surface area (Å²) in [5.74, 6) is 0.747. The fourth-order valence-corrected chi connectivity index (χ4v) is 2.32. The summed E-state index contributed by atoms with van der Waals surface area (Å²) in [5.41, 5.74) is 0.599. The van der Waals surface area contributed by atoms with Crippen molar-refractivity contribution in [3.8, 4) is 0 Å². The maximum Gasteiger partial charge on any atom is 0.252 e. The SMILES string of the molecule is Cc1cc(=O)[nH]c(N2CCC(NC(=O)C(C)C)CC2)n1. The highest BCUT2D eigenvalue weighted by molar-refractivity contribution is 5.78. The van der Waals surface area contributed by atoms with Gasteiger partial charge in [-0.2, -0.15) is 0 Å². The van der Waals surface area contributed by atoms with Crippen LogP contribution in [0.3, 0.4) is 0 Å². The van der Waals surface area contributed by atoms with Crippen LogP contribution in [0.2, 0.25) is 0 Å². The molecule has 2 N–H and O–H groups in total. The highest BCUT2D eigenvalue weighted by atomic mass is 16.2. The van der Waals surface area contributed by atoms with Gasteiger partial charge in [0.05, 0.1) is 0 Å². The molecular weight excluding hydrogens is 256 g/mol. The van der Waals surface area contributed by atoms with Crippen LogP contribution in [0.15, 0.2) is 10.9 Å². The van der Waals surface area contributed by atoms with Crippen LogP contribution in [0.5, 0.6) is 0 Å². The molecule has 0 unspecified atom stereocenters. The van der Waals surface area contributed by atoms with Gasteiger partial charge in [0, 0.05) is 36.8 Å². The molecule has 1 aliphatic rings. The second-order valence-electron chi connectivity index (χ2n) is 5.63. The lowest BCUT2D eigenvalue weighted by Crippen LogP contribution is -2.46. The van der Waals surface area contributed by atoms with Gasteiger partial charge in [-0.25, -0.2) is 4.98 Å². The monoisotopic (exact) mass is 278 g/mol. The summed E-state index contributed by atoms with van der Waals surface area (Å²) in [6.45, 7) is 7.18. The Labute approximate surface area is 118 Å². The van der Waals surface area contributed by atoms with Crippen molar-refractivity contribution in [2.24, 2.45) is 5.92 Å². The molecule has 1 aromatic rings. The Morgan fingerprint density at radius 2 is 2.10 bits per heavy atom. The molecule has 6 nitrogen and oxygen atoms in total. The molecule has 1 saturated heterocycles. The topological polar surface area (TPSA) is 78.1 Å². The maximum atomic E-state index is 11.7. The van der Waals surface area contributed by atoms with Crippen molar-refractivity contribution in [3.63, 3.8) is 0 Å². The lowest BCUT2D eigenvalue weighted by molar-refractivity contribution is -0.124. The lowest BCUT2D eigenvalue weighted by atomic mass is 10.0. The van der Waals surface area contributed by atoms with Gasteiger partial charge in [0.25, 0.3) is 5.56 Å². The van der Waals surface area contributed by atoms with Crippen molar-refractivity contribution < 1.29 is 4.79 Å². The Kier molecular flexibility index (Phi) is 4.42. The van der Waals surface area contributed by atoms with E-state index in [0.717, 1.165) is 31.6 Å². The van der Waals surface area contributed by atoms with Crippen LogP contribution in [-0.4, -0.2) is 35.0 Å². The van der Waals surface area contributed by atoms with Crippen molar-refractivity contribution in [2.75, 3.05) is 18.0 Å². The molecule has 0 spiro atoms. The van der Waals surface area contributed by atoms with E-state index >= 15 is 0 Å². The number of piperidine rings is 1. The predicted octanol–water partition coefficient (Wildman–Crippen LogP) is 0.819. The minimum absolute atomic E-state index is 0.0165. The number of nitrogens with one attached hydrogen (secondary N) is 2. The highest BCUT2D eigenvalue weighted by Gasteiger charge is 2.22. The minimum atomic E-state index is -0.122. The maximum absolute atomic E-state index is 11.7. The molecule has 1 amide bonds. The van der Waals surface area contributed by atoms with Gasteiger partial charge in [-0.15, -0.1) is 0 Å². The van der Waals surface area contributed by atoms with E-state index < -0.39 is 0 Å². The molecular formula is C14H22N4O2. The van der Waals surface area contributed by atoms with Gasteiger partial charge >= 0.3 is 0 Å². The number of amides is 1. The van der Waals surface area contributed by atoms with Crippen molar-refractivity contribution in [2.45, 2.75) is 39.7 Å². The first-order valence-corrected chi connectivity index (χ1v) is 7.09. The van der Waals surface area contributed by atoms with Crippen molar-refractivity contribution in [3.05, 3.63) is 22.1 Å². The number of aromatic amines is 1. The van der Waals surface area contributed by atoms with Gasteiger partial charge in [0.1, 0.15) is 0 Å². The van der Waals surface area contributed by atoms with Gasteiger partial charge in [0.15, 0.2) is 0 Å². The number of carbonyl (C=O) groups excluding carboxylic acids is 1. The smallest absolute Gasteiger partial charge is 0.252 e. The zero-order chi connectivity index (χ0) is 14.7. The Hall–Kier alpha value is -1.85. The Bertz CT molecular complexity index is 530. The molecule has 1 aliphatic heterocycles. The molecule has 0 radical (unpaired) electrons. The van der Waals surface area contributed by atoms with E-state index in [0.29, 0.717) is 5.95 Å². The second kappa shape index (κ2) is 6.07. The summed E-state index contributed by atoms with van der Waals surface area (Å²) in [7, 11) is 0. The summed E-state index contributed by atoms with van der Waals surface area (Å²) in [4.78, 5) is 32.3. The summed E-state index contributed by atoms with van der Waals surface area (Å²) < 4.78 is 0. The zero-order valence-corrected chi connectivity index (χ0v) is 12.3. The van der Waals surface area contributed by atoms with Crippen LogP contribution in [0.25, 0.3) is 0 Å². The van der Waals surface area contributed by atoms with Gasteiger partial charge in [0.2, 0.25) is 11.9 Å². The molecule has 0 saturated carbocycles. The fraction of sp³-hybridized carbons (Fsp3) is 0.643.